The van der Waals surface area contributed by atoms with Gasteiger partial charge in [0.05, 0.1) is 9.92 Å². The lowest BCUT2D eigenvalue weighted by Gasteiger charge is -2.27. The first-order valence-electron chi connectivity index (χ1n) is 6.07. The minimum absolute atomic E-state index is 0.0959. The van der Waals surface area contributed by atoms with Gasteiger partial charge >= 0.3 is 0 Å². The number of hydrogen-bond donors (Lipinski definition) is 2. The topological polar surface area (TPSA) is 72.2 Å². The fourth-order valence-corrected chi connectivity index (χ4v) is 3.40. The van der Waals surface area contributed by atoms with Crippen molar-refractivity contribution in [2.45, 2.75) is 38.6 Å². The fraction of sp³-hybridized carbons (Fsp3) is 0.462. The SMILES string of the molecule is CC(NS(=O)(=O)c1ccc(C(N)=S)c(Cl)c1)C(C)(C)C. The third-order valence-corrected chi connectivity index (χ3v) is 5.22. The standard InChI is InChI=1S/C13H19ClN2O2S2/c1-8(13(2,3)4)16-20(17,18)9-5-6-10(12(15)19)11(14)7-9/h5-8,16H,1-4H3,(H2,15,19). The number of benzene rings is 1. The summed E-state index contributed by atoms with van der Waals surface area (Å²) < 4.78 is 27.2. The van der Waals surface area contributed by atoms with Crippen molar-refractivity contribution in [3.05, 3.63) is 28.8 Å². The maximum absolute atomic E-state index is 12.3. The maximum atomic E-state index is 12.3. The molecule has 3 N–H and O–H groups in total. The van der Waals surface area contributed by atoms with E-state index < -0.39 is 10.0 Å². The summed E-state index contributed by atoms with van der Waals surface area (Å²) in [5, 5.41) is 0.226. The van der Waals surface area contributed by atoms with E-state index in [2.05, 4.69) is 4.72 Å². The summed E-state index contributed by atoms with van der Waals surface area (Å²) in [6.45, 7) is 7.71. The first kappa shape index (κ1) is 17.4. The number of thiocarbonyl (C=S) groups is 1. The molecule has 1 aromatic carbocycles. The molecule has 20 heavy (non-hydrogen) atoms. The smallest absolute Gasteiger partial charge is 0.240 e. The number of halogens is 1. The van der Waals surface area contributed by atoms with Crippen LogP contribution in [0.25, 0.3) is 0 Å². The highest BCUT2D eigenvalue weighted by Crippen LogP contribution is 2.24. The molecule has 1 atom stereocenters. The molecular formula is C13H19ClN2O2S2. The van der Waals surface area contributed by atoms with E-state index in [-0.39, 0.29) is 26.4 Å². The monoisotopic (exact) mass is 334 g/mol. The summed E-state index contributed by atoms with van der Waals surface area (Å²) in [6, 6.07) is 4.09. The van der Waals surface area contributed by atoms with Crippen LogP contribution in [0.3, 0.4) is 0 Å². The largest absolute Gasteiger partial charge is 0.389 e. The lowest BCUT2D eigenvalue weighted by atomic mass is 9.89. The average Bonchev–Trinajstić information content (AvgIpc) is 2.26. The Morgan fingerprint density at radius 3 is 2.35 bits per heavy atom. The Bertz CT molecular complexity index is 622. The molecule has 0 aliphatic heterocycles. The number of nitrogens with one attached hydrogen (secondary N) is 1. The van der Waals surface area contributed by atoms with Crippen LogP contribution in [0.5, 0.6) is 0 Å². The molecule has 0 amide bonds. The summed E-state index contributed by atoms with van der Waals surface area (Å²) >= 11 is 10.8. The second-order valence-corrected chi connectivity index (χ2v) is 8.28. The van der Waals surface area contributed by atoms with Crippen molar-refractivity contribution in [1.29, 1.82) is 0 Å². The van der Waals surface area contributed by atoms with Gasteiger partial charge in [-0.25, -0.2) is 13.1 Å². The van der Waals surface area contributed by atoms with E-state index >= 15 is 0 Å². The molecule has 112 valence electrons. The predicted octanol–water partition coefficient (Wildman–Crippen LogP) is 2.69. The number of sulfonamides is 1. The molecule has 7 heteroatoms. The van der Waals surface area contributed by atoms with E-state index in [9.17, 15) is 8.42 Å². The van der Waals surface area contributed by atoms with Crippen LogP contribution in [0.2, 0.25) is 5.02 Å². The molecule has 1 unspecified atom stereocenters. The molecule has 1 aromatic rings. The predicted molar refractivity (Wildman–Crippen MR) is 86.6 cm³/mol. The van der Waals surface area contributed by atoms with Crippen molar-refractivity contribution in [2.75, 3.05) is 0 Å². The van der Waals surface area contributed by atoms with Crippen molar-refractivity contribution in [1.82, 2.24) is 4.72 Å². The summed E-state index contributed by atoms with van der Waals surface area (Å²) in [5.74, 6) is 0. The van der Waals surface area contributed by atoms with Gasteiger partial charge in [0.1, 0.15) is 4.99 Å². The first-order valence-corrected chi connectivity index (χ1v) is 8.34. The summed E-state index contributed by atoms with van der Waals surface area (Å²) in [5.41, 5.74) is 5.77. The fourth-order valence-electron chi connectivity index (χ4n) is 1.34. The highest BCUT2D eigenvalue weighted by molar-refractivity contribution is 7.89. The van der Waals surface area contributed by atoms with Gasteiger partial charge in [-0.2, -0.15) is 0 Å². The van der Waals surface area contributed by atoms with Crippen LogP contribution in [0, 0.1) is 5.41 Å². The second kappa shape index (κ2) is 5.97. The van der Waals surface area contributed by atoms with E-state index in [1.807, 2.05) is 27.7 Å². The second-order valence-electron chi connectivity index (χ2n) is 5.71. The Balaban J connectivity index is 3.11. The van der Waals surface area contributed by atoms with Crippen molar-refractivity contribution in [3.8, 4) is 0 Å². The molecule has 0 aromatic heterocycles. The highest BCUT2D eigenvalue weighted by Gasteiger charge is 2.26. The Morgan fingerprint density at radius 1 is 1.40 bits per heavy atom. The Morgan fingerprint density at radius 2 is 1.95 bits per heavy atom. The molecule has 0 heterocycles. The molecule has 0 saturated carbocycles. The van der Waals surface area contributed by atoms with Gasteiger partial charge in [-0.15, -0.1) is 0 Å². The van der Waals surface area contributed by atoms with Crippen molar-refractivity contribution >= 4 is 38.8 Å². The van der Waals surface area contributed by atoms with Crippen LogP contribution in [-0.4, -0.2) is 19.4 Å². The Kier molecular flexibility index (Phi) is 5.18. The van der Waals surface area contributed by atoms with E-state index in [0.717, 1.165) is 0 Å². The van der Waals surface area contributed by atoms with Crippen molar-refractivity contribution in [2.24, 2.45) is 11.1 Å². The zero-order valence-electron chi connectivity index (χ0n) is 11.9. The molecule has 0 radical (unpaired) electrons. The minimum Gasteiger partial charge on any atom is -0.389 e. The third-order valence-electron chi connectivity index (χ3n) is 3.15. The quantitative estimate of drug-likeness (QED) is 0.830. The lowest BCUT2D eigenvalue weighted by molar-refractivity contribution is 0.317. The summed E-state index contributed by atoms with van der Waals surface area (Å²) in [4.78, 5) is 0.230. The van der Waals surface area contributed by atoms with Crippen LogP contribution < -0.4 is 10.5 Å². The van der Waals surface area contributed by atoms with Gasteiger partial charge in [0.2, 0.25) is 10.0 Å². The van der Waals surface area contributed by atoms with Crippen LogP contribution in [0.15, 0.2) is 23.1 Å². The van der Waals surface area contributed by atoms with E-state index in [1.54, 1.807) is 0 Å². The van der Waals surface area contributed by atoms with Crippen LogP contribution in [0.1, 0.15) is 33.3 Å². The maximum Gasteiger partial charge on any atom is 0.240 e. The summed E-state index contributed by atoms with van der Waals surface area (Å²) in [7, 11) is -3.63. The van der Waals surface area contributed by atoms with Gasteiger partial charge in [-0.1, -0.05) is 44.6 Å². The van der Waals surface area contributed by atoms with E-state index in [1.165, 1.54) is 18.2 Å². The number of nitrogens with two attached hydrogens (primary N) is 1. The van der Waals surface area contributed by atoms with Crippen LogP contribution in [0.4, 0.5) is 0 Å². The molecule has 0 aliphatic carbocycles. The summed E-state index contributed by atoms with van der Waals surface area (Å²) in [6.07, 6.45) is 0. The molecule has 0 fully saturated rings. The normalized spacial score (nSPS) is 14.1. The van der Waals surface area contributed by atoms with Gasteiger partial charge in [-0.3, -0.25) is 0 Å². The minimum atomic E-state index is -3.63. The molecule has 0 bridgehead atoms. The Labute approximate surface area is 130 Å². The Hall–Kier alpha value is -0.690. The molecule has 0 aliphatic rings. The van der Waals surface area contributed by atoms with Gasteiger partial charge in [0.15, 0.2) is 0 Å². The van der Waals surface area contributed by atoms with Gasteiger partial charge in [0.25, 0.3) is 0 Å². The third kappa shape index (κ3) is 4.15. The molecule has 1 rings (SSSR count). The lowest BCUT2D eigenvalue weighted by Crippen LogP contribution is -2.41. The highest BCUT2D eigenvalue weighted by atomic mass is 35.5. The van der Waals surface area contributed by atoms with Crippen LogP contribution in [-0.2, 0) is 10.0 Å². The zero-order valence-corrected chi connectivity index (χ0v) is 14.3. The van der Waals surface area contributed by atoms with Gasteiger partial charge in [0, 0.05) is 11.6 Å². The van der Waals surface area contributed by atoms with E-state index in [0.29, 0.717) is 5.56 Å². The zero-order chi connectivity index (χ0) is 15.7. The molecular weight excluding hydrogens is 316 g/mol. The first-order chi connectivity index (χ1) is 8.95. The van der Waals surface area contributed by atoms with Gasteiger partial charge in [-0.05, 0) is 30.5 Å². The molecule has 0 saturated heterocycles. The van der Waals surface area contributed by atoms with Crippen molar-refractivity contribution in [3.63, 3.8) is 0 Å². The van der Waals surface area contributed by atoms with Gasteiger partial charge < -0.3 is 5.73 Å². The number of hydrogen-bond acceptors (Lipinski definition) is 3. The van der Waals surface area contributed by atoms with Crippen molar-refractivity contribution < 1.29 is 8.42 Å². The van der Waals surface area contributed by atoms with E-state index in [4.69, 9.17) is 29.6 Å². The average molecular weight is 335 g/mol. The van der Waals surface area contributed by atoms with Crippen LogP contribution >= 0.6 is 23.8 Å². The molecule has 4 nitrogen and oxygen atoms in total. The molecule has 0 spiro atoms. The number of rotatable bonds is 4.